The Kier molecular flexibility index (Phi) is 5.36. The summed E-state index contributed by atoms with van der Waals surface area (Å²) >= 11 is 0. The lowest BCUT2D eigenvalue weighted by Crippen LogP contribution is -2.20. The minimum Gasteiger partial charge on any atom is -0.435 e. The van der Waals surface area contributed by atoms with Crippen molar-refractivity contribution in [3.63, 3.8) is 0 Å². The summed E-state index contributed by atoms with van der Waals surface area (Å²) in [6.45, 7) is -3.05. The highest BCUT2D eigenvalue weighted by molar-refractivity contribution is 7.92. The highest BCUT2D eigenvalue weighted by Crippen LogP contribution is 2.30. The third-order valence-corrected chi connectivity index (χ3v) is 4.12. The number of ether oxygens (including phenoxy) is 2. The van der Waals surface area contributed by atoms with Crippen molar-refractivity contribution in [3.8, 4) is 11.5 Å². The molecular formula is C14H10F5NO4S. The van der Waals surface area contributed by atoms with E-state index in [2.05, 4.69) is 9.47 Å². The molecule has 0 aliphatic heterocycles. The Labute approximate surface area is 139 Å². The second-order valence-corrected chi connectivity index (χ2v) is 6.15. The molecule has 0 amide bonds. The number of hydrogen-bond donors (Lipinski definition) is 1. The maximum Gasteiger partial charge on any atom is 0.573 e. The fraction of sp³-hybridized carbons (Fsp3) is 0.143. The van der Waals surface area contributed by atoms with Crippen LogP contribution in [0.4, 0.5) is 27.6 Å². The second kappa shape index (κ2) is 7.13. The zero-order valence-corrected chi connectivity index (χ0v) is 12.9. The summed E-state index contributed by atoms with van der Waals surface area (Å²) in [6.07, 6.45) is -5.07. The van der Waals surface area contributed by atoms with Crippen LogP contribution in [0.2, 0.25) is 0 Å². The van der Waals surface area contributed by atoms with Gasteiger partial charge in [-0.3, -0.25) is 4.72 Å². The molecule has 0 aliphatic rings. The standard InChI is InChI=1S/C14H10F5NO4S/c15-13(16)23-10-7-5-9(6-8-10)20-25(21,22)12-4-2-1-3-11(12)24-14(17,18)19/h1-8,13,20H. The first kappa shape index (κ1) is 18.8. The summed E-state index contributed by atoms with van der Waals surface area (Å²) in [5.74, 6) is -1.11. The van der Waals surface area contributed by atoms with Crippen molar-refractivity contribution in [1.82, 2.24) is 0 Å². The largest absolute Gasteiger partial charge is 0.573 e. The number of benzene rings is 2. The molecule has 0 aromatic heterocycles. The summed E-state index contributed by atoms with van der Waals surface area (Å²) in [5, 5.41) is 0. The molecule has 0 saturated heterocycles. The fourth-order valence-corrected chi connectivity index (χ4v) is 2.98. The van der Waals surface area contributed by atoms with Gasteiger partial charge in [0, 0.05) is 5.69 Å². The van der Waals surface area contributed by atoms with E-state index in [-0.39, 0.29) is 11.4 Å². The Morgan fingerprint density at radius 1 is 0.960 bits per heavy atom. The zero-order valence-electron chi connectivity index (χ0n) is 12.1. The average Bonchev–Trinajstić information content (AvgIpc) is 2.47. The summed E-state index contributed by atoms with van der Waals surface area (Å²) in [4.78, 5) is -0.736. The summed E-state index contributed by atoms with van der Waals surface area (Å²) < 4.78 is 95.6. The first-order valence-electron chi connectivity index (χ1n) is 6.49. The fourth-order valence-electron chi connectivity index (χ4n) is 1.80. The lowest BCUT2D eigenvalue weighted by atomic mass is 10.3. The van der Waals surface area contributed by atoms with Crippen LogP contribution >= 0.6 is 0 Å². The average molecular weight is 383 g/mol. The number of para-hydroxylation sites is 1. The van der Waals surface area contributed by atoms with Gasteiger partial charge in [0.25, 0.3) is 10.0 Å². The van der Waals surface area contributed by atoms with E-state index < -0.39 is 33.6 Å². The Bertz CT molecular complexity index is 822. The van der Waals surface area contributed by atoms with Crippen LogP contribution in [0, 0.1) is 0 Å². The van der Waals surface area contributed by atoms with Crippen molar-refractivity contribution < 1.29 is 39.8 Å². The molecule has 136 valence electrons. The van der Waals surface area contributed by atoms with Gasteiger partial charge in [-0.1, -0.05) is 12.1 Å². The molecule has 25 heavy (non-hydrogen) atoms. The van der Waals surface area contributed by atoms with Crippen LogP contribution in [-0.4, -0.2) is 21.4 Å². The molecule has 0 fully saturated rings. The molecule has 0 atom stereocenters. The van der Waals surface area contributed by atoms with Gasteiger partial charge in [-0.25, -0.2) is 8.42 Å². The van der Waals surface area contributed by atoms with Gasteiger partial charge in [-0.05, 0) is 36.4 Å². The van der Waals surface area contributed by atoms with E-state index in [1.807, 2.05) is 4.72 Å². The van der Waals surface area contributed by atoms with E-state index in [0.29, 0.717) is 0 Å². The molecule has 1 N–H and O–H groups in total. The number of sulfonamides is 1. The van der Waals surface area contributed by atoms with Gasteiger partial charge in [-0.15, -0.1) is 13.2 Å². The molecule has 0 radical (unpaired) electrons. The maximum atomic E-state index is 12.4. The SMILES string of the molecule is O=S(=O)(Nc1ccc(OC(F)F)cc1)c1ccccc1OC(F)(F)F. The molecule has 0 bridgehead atoms. The molecule has 0 heterocycles. The molecular weight excluding hydrogens is 373 g/mol. The van der Waals surface area contributed by atoms with E-state index >= 15 is 0 Å². The molecule has 0 spiro atoms. The molecule has 0 aliphatic carbocycles. The number of rotatable bonds is 6. The smallest absolute Gasteiger partial charge is 0.435 e. The van der Waals surface area contributed by atoms with Crippen molar-refractivity contribution in [2.24, 2.45) is 0 Å². The first-order chi connectivity index (χ1) is 11.6. The van der Waals surface area contributed by atoms with Gasteiger partial charge in [-0.2, -0.15) is 8.78 Å². The van der Waals surface area contributed by atoms with Crippen LogP contribution in [-0.2, 0) is 10.0 Å². The van der Waals surface area contributed by atoms with Gasteiger partial charge >= 0.3 is 13.0 Å². The number of halogens is 5. The highest BCUT2D eigenvalue weighted by atomic mass is 32.2. The Hall–Kier alpha value is -2.56. The predicted molar refractivity (Wildman–Crippen MR) is 77.0 cm³/mol. The number of alkyl halides is 5. The third-order valence-electron chi connectivity index (χ3n) is 2.70. The van der Waals surface area contributed by atoms with E-state index in [9.17, 15) is 30.4 Å². The van der Waals surface area contributed by atoms with E-state index in [4.69, 9.17) is 0 Å². The lowest BCUT2D eigenvalue weighted by molar-refractivity contribution is -0.275. The number of nitrogens with one attached hydrogen (secondary N) is 1. The first-order valence-corrected chi connectivity index (χ1v) is 7.97. The normalized spacial score (nSPS) is 12.1. The zero-order chi connectivity index (χ0) is 18.7. The van der Waals surface area contributed by atoms with Crippen LogP contribution in [0.15, 0.2) is 53.4 Å². The quantitative estimate of drug-likeness (QED) is 0.767. The van der Waals surface area contributed by atoms with Gasteiger partial charge in [0.1, 0.15) is 16.4 Å². The molecule has 2 aromatic carbocycles. The van der Waals surface area contributed by atoms with Crippen LogP contribution in [0.5, 0.6) is 11.5 Å². The minimum atomic E-state index is -5.07. The van der Waals surface area contributed by atoms with Crippen LogP contribution in [0.3, 0.4) is 0 Å². The molecule has 2 rings (SSSR count). The Balaban J connectivity index is 2.25. The Morgan fingerprint density at radius 3 is 2.12 bits per heavy atom. The molecule has 5 nitrogen and oxygen atoms in total. The van der Waals surface area contributed by atoms with Crippen LogP contribution < -0.4 is 14.2 Å². The maximum absolute atomic E-state index is 12.4. The van der Waals surface area contributed by atoms with Crippen molar-refractivity contribution in [2.75, 3.05) is 4.72 Å². The lowest BCUT2D eigenvalue weighted by Gasteiger charge is -2.14. The van der Waals surface area contributed by atoms with Crippen molar-refractivity contribution in [1.29, 1.82) is 0 Å². The molecule has 11 heteroatoms. The monoisotopic (exact) mass is 383 g/mol. The number of anilines is 1. The molecule has 0 unspecified atom stereocenters. The van der Waals surface area contributed by atoms with Crippen molar-refractivity contribution in [3.05, 3.63) is 48.5 Å². The van der Waals surface area contributed by atoms with E-state index in [1.165, 1.54) is 12.1 Å². The van der Waals surface area contributed by atoms with Gasteiger partial charge in [0.05, 0.1) is 0 Å². The van der Waals surface area contributed by atoms with Crippen molar-refractivity contribution >= 4 is 15.7 Å². The molecule has 0 saturated carbocycles. The van der Waals surface area contributed by atoms with Crippen molar-refractivity contribution in [2.45, 2.75) is 17.9 Å². The predicted octanol–water partition coefficient (Wildman–Crippen LogP) is 3.99. The van der Waals surface area contributed by atoms with Crippen LogP contribution in [0.1, 0.15) is 0 Å². The van der Waals surface area contributed by atoms with Gasteiger partial charge in [0.2, 0.25) is 0 Å². The topological polar surface area (TPSA) is 64.6 Å². The second-order valence-electron chi connectivity index (χ2n) is 4.50. The summed E-state index contributed by atoms with van der Waals surface area (Å²) in [7, 11) is -4.42. The van der Waals surface area contributed by atoms with E-state index in [0.717, 1.165) is 36.4 Å². The van der Waals surface area contributed by atoms with Crippen LogP contribution in [0.25, 0.3) is 0 Å². The Morgan fingerprint density at radius 2 is 1.56 bits per heavy atom. The number of hydrogen-bond acceptors (Lipinski definition) is 4. The third kappa shape index (κ3) is 5.48. The van der Waals surface area contributed by atoms with E-state index in [1.54, 1.807) is 0 Å². The minimum absolute atomic E-state index is 0.0663. The van der Waals surface area contributed by atoms with Gasteiger partial charge < -0.3 is 9.47 Å². The summed E-state index contributed by atoms with van der Waals surface area (Å²) in [5.41, 5.74) is -0.0663. The summed E-state index contributed by atoms with van der Waals surface area (Å²) in [6, 6.07) is 8.54. The highest BCUT2D eigenvalue weighted by Gasteiger charge is 2.34. The van der Waals surface area contributed by atoms with Gasteiger partial charge in [0.15, 0.2) is 0 Å². The molecule has 2 aromatic rings.